The van der Waals surface area contributed by atoms with Crippen molar-refractivity contribution in [3.63, 3.8) is 0 Å². The number of rotatable bonds is 5. The van der Waals surface area contributed by atoms with E-state index in [4.69, 9.17) is 23.2 Å². The summed E-state index contributed by atoms with van der Waals surface area (Å²) in [6.45, 7) is 4.76. The van der Waals surface area contributed by atoms with E-state index < -0.39 is 0 Å². The number of thioether (sulfide) groups is 2. The first kappa shape index (κ1) is 19.5. The minimum atomic E-state index is 0.200. The van der Waals surface area contributed by atoms with Crippen LogP contribution < -0.4 is 0 Å². The molecule has 0 saturated heterocycles. The third-order valence-electron chi connectivity index (χ3n) is 5.84. The largest absolute Gasteiger partial charge is 0.0948 e. The number of fused-ring (bicyclic) bond motifs is 1. The Morgan fingerprint density at radius 1 is 0.778 bits per heavy atom. The van der Waals surface area contributed by atoms with Gasteiger partial charge in [0.05, 0.1) is 0 Å². The van der Waals surface area contributed by atoms with Gasteiger partial charge in [-0.1, -0.05) is 72.7 Å². The Balaban J connectivity index is 1.52. The Morgan fingerprint density at radius 2 is 1.26 bits per heavy atom. The van der Waals surface area contributed by atoms with Crippen molar-refractivity contribution in [3.05, 3.63) is 80.5 Å². The summed E-state index contributed by atoms with van der Waals surface area (Å²) in [5, 5.41) is 1.58. The van der Waals surface area contributed by atoms with Crippen LogP contribution in [-0.2, 0) is 0 Å². The smallest absolute Gasteiger partial charge is 0.0406 e. The molecule has 0 bridgehead atoms. The molecule has 0 amide bonds. The highest BCUT2D eigenvalue weighted by Crippen LogP contribution is 2.65. The second-order valence-corrected chi connectivity index (χ2v) is 10.9. The fraction of sp³-hybridized carbons (Fsp3) is 0.304. The lowest BCUT2D eigenvalue weighted by molar-refractivity contribution is 0.196. The Bertz CT molecular complexity index is 899. The van der Waals surface area contributed by atoms with Gasteiger partial charge in [-0.05, 0) is 77.6 Å². The summed E-state index contributed by atoms with van der Waals surface area (Å²) in [5.41, 5.74) is 0.432. The average molecular weight is 433 g/mol. The molecule has 0 unspecified atom stereocenters. The minimum absolute atomic E-state index is 0.200. The van der Waals surface area contributed by atoms with Gasteiger partial charge in [0.25, 0.3) is 0 Å². The number of hydrogen-bond acceptors (Lipinski definition) is 2. The van der Waals surface area contributed by atoms with Gasteiger partial charge in [0, 0.05) is 30.7 Å². The Hall–Kier alpha value is -0.800. The molecule has 4 heteroatoms. The Morgan fingerprint density at radius 3 is 1.70 bits per heavy atom. The molecule has 2 aliphatic rings. The fourth-order valence-electron chi connectivity index (χ4n) is 4.30. The van der Waals surface area contributed by atoms with Gasteiger partial charge < -0.3 is 0 Å². The standard InChI is InChI=1S/C23H22Cl2S2/c1-3-23-14-20(26-18-8-4-16(24)5-9-18)12-22(23,2)13-21(15-23)27-19-10-6-17(25)7-11-19/h4-12,15H,3,13-14H2,1-2H3/t22-,23-/m1/s1. The van der Waals surface area contributed by atoms with Crippen LogP contribution in [0.15, 0.2) is 80.3 Å². The lowest BCUT2D eigenvalue weighted by Crippen LogP contribution is -2.28. The van der Waals surface area contributed by atoms with E-state index in [1.165, 1.54) is 19.6 Å². The molecule has 0 aromatic heterocycles. The molecule has 0 N–H and O–H groups in total. The predicted molar refractivity (Wildman–Crippen MR) is 121 cm³/mol. The summed E-state index contributed by atoms with van der Waals surface area (Å²) in [4.78, 5) is 5.49. The molecule has 0 heterocycles. The minimum Gasteiger partial charge on any atom is -0.0948 e. The second-order valence-electron chi connectivity index (χ2n) is 7.61. The van der Waals surface area contributed by atoms with Crippen molar-refractivity contribution < 1.29 is 0 Å². The molecule has 4 rings (SSSR count). The summed E-state index contributed by atoms with van der Waals surface area (Å²) < 4.78 is 0. The van der Waals surface area contributed by atoms with E-state index in [0.29, 0.717) is 0 Å². The monoisotopic (exact) mass is 432 g/mol. The first-order valence-corrected chi connectivity index (χ1v) is 11.6. The topological polar surface area (TPSA) is 0 Å². The van der Waals surface area contributed by atoms with Gasteiger partial charge in [0.2, 0.25) is 0 Å². The molecule has 140 valence electrons. The van der Waals surface area contributed by atoms with Gasteiger partial charge in [-0.25, -0.2) is 0 Å². The van der Waals surface area contributed by atoms with Crippen LogP contribution in [0.4, 0.5) is 0 Å². The van der Waals surface area contributed by atoms with Crippen molar-refractivity contribution in [2.45, 2.75) is 42.9 Å². The molecular weight excluding hydrogens is 411 g/mol. The summed E-state index contributed by atoms with van der Waals surface area (Å²) in [6.07, 6.45) is 8.48. The van der Waals surface area contributed by atoms with Crippen LogP contribution >= 0.6 is 46.7 Å². The zero-order valence-corrected chi connectivity index (χ0v) is 18.6. The normalized spacial score (nSPS) is 26.7. The van der Waals surface area contributed by atoms with E-state index in [2.05, 4.69) is 50.3 Å². The van der Waals surface area contributed by atoms with Crippen molar-refractivity contribution in [1.29, 1.82) is 0 Å². The van der Waals surface area contributed by atoms with Gasteiger partial charge in [0.15, 0.2) is 0 Å². The van der Waals surface area contributed by atoms with Crippen LogP contribution in [0, 0.1) is 10.8 Å². The van der Waals surface area contributed by atoms with E-state index in [9.17, 15) is 0 Å². The van der Waals surface area contributed by atoms with Crippen molar-refractivity contribution in [3.8, 4) is 0 Å². The van der Waals surface area contributed by atoms with E-state index in [1.54, 1.807) is 0 Å². The van der Waals surface area contributed by atoms with Crippen molar-refractivity contribution in [1.82, 2.24) is 0 Å². The number of halogens is 2. The van der Waals surface area contributed by atoms with Crippen LogP contribution in [0.1, 0.15) is 33.1 Å². The molecule has 0 nitrogen and oxygen atoms in total. The van der Waals surface area contributed by atoms with Crippen LogP contribution in [-0.4, -0.2) is 0 Å². The van der Waals surface area contributed by atoms with Crippen LogP contribution in [0.5, 0.6) is 0 Å². The second kappa shape index (κ2) is 7.55. The van der Waals surface area contributed by atoms with Crippen molar-refractivity contribution in [2.24, 2.45) is 10.8 Å². The molecule has 2 aromatic carbocycles. The molecule has 2 aromatic rings. The van der Waals surface area contributed by atoms with Crippen molar-refractivity contribution in [2.75, 3.05) is 0 Å². The van der Waals surface area contributed by atoms with E-state index >= 15 is 0 Å². The summed E-state index contributed by atoms with van der Waals surface area (Å²) in [5.74, 6) is 0. The number of benzene rings is 2. The summed E-state index contributed by atoms with van der Waals surface area (Å²) >= 11 is 15.8. The average Bonchev–Trinajstić information content (AvgIpc) is 3.04. The van der Waals surface area contributed by atoms with Gasteiger partial charge >= 0.3 is 0 Å². The predicted octanol–water partition coefficient (Wildman–Crippen LogP) is 8.86. The van der Waals surface area contributed by atoms with Crippen molar-refractivity contribution >= 4 is 46.7 Å². The maximum atomic E-state index is 6.02. The lowest BCUT2D eigenvalue weighted by Gasteiger charge is -2.36. The molecule has 0 radical (unpaired) electrons. The van der Waals surface area contributed by atoms with E-state index in [0.717, 1.165) is 29.3 Å². The van der Waals surface area contributed by atoms with Gasteiger partial charge in [-0.15, -0.1) is 0 Å². The zero-order valence-electron chi connectivity index (χ0n) is 15.5. The quantitative estimate of drug-likeness (QED) is 0.462. The SMILES string of the molecule is CC[C@@]12C=C(Sc3ccc(Cl)cc3)C[C@@]1(C)C=C(Sc1ccc(Cl)cc1)C2. The number of allylic oxidation sites excluding steroid dienone is 4. The first-order valence-electron chi connectivity index (χ1n) is 9.22. The molecule has 2 aliphatic carbocycles. The van der Waals surface area contributed by atoms with Crippen LogP contribution in [0.2, 0.25) is 10.0 Å². The maximum Gasteiger partial charge on any atom is 0.0406 e. The molecule has 0 saturated carbocycles. The van der Waals surface area contributed by atoms with Gasteiger partial charge in [-0.3, -0.25) is 0 Å². The Labute approximate surface area is 180 Å². The molecule has 0 aliphatic heterocycles. The molecule has 2 atom stereocenters. The van der Waals surface area contributed by atoms with Crippen LogP contribution in [0.3, 0.4) is 0 Å². The summed E-state index contributed by atoms with van der Waals surface area (Å²) in [6, 6.07) is 16.3. The van der Waals surface area contributed by atoms with E-state index in [1.807, 2.05) is 47.8 Å². The molecule has 0 fully saturated rings. The maximum absolute atomic E-state index is 6.02. The lowest BCUT2D eigenvalue weighted by atomic mass is 9.67. The molecule has 27 heavy (non-hydrogen) atoms. The fourth-order valence-corrected chi connectivity index (χ4v) is 7.00. The first-order chi connectivity index (χ1) is 12.9. The highest BCUT2D eigenvalue weighted by molar-refractivity contribution is 8.03. The Kier molecular flexibility index (Phi) is 5.46. The number of hydrogen-bond donors (Lipinski definition) is 0. The van der Waals surface area contributed by atoms with Crippen LogP contribution in [0.25, 0.3) is 0 Å². The third kappa shape index (κ3) is 3.87. The summed E-state index contributed by atoms with van der Waals surface area (Å²) in [7, 11) is 0. The molecule has 0 spiro atoms. The van der Waals surface area contributed by atoms with E-state index in [-0.39, 0.29) is 10.8 Å². The zero-order chi connectivity index (χ0) is 19.1. The van der Waals surface area contributed by atoms with Gasteiger partial charge in [0.1, 0.15) is 0 Å². The highest BCUT2D eigenvalue weighted by atomic mass is 35.5. The van der Waals surface area contributed by atoms with Gasteiger partial charge in [-0.2, -0.15) is 0 Å². The molecular formula is C23H22Cl2S2. The third-order valence-corrected chi connectivity index (χ3v) is 8.41. The highest BCUT2D eigenvalue weighted by Gasteiger charge is 2.52.